The molecule has 0 saturated heterocycles. The van der Waals surface area contributed by atoms with Gasteiger partial charge >= 0.3 is 0 Å². The Labute approximate surface area is 76.1 Å². The summed E-state index contributed by atoms with van der Waals surface area (Å²) in [6.45, 7) is 7.24. The molecule has 1 fully saturated rings. The highest BCUT2D eigenvalue weighted by Gasteiger charge is 2.42. The summed E-state index contributed by atoms with van der Waals surface area (Å²) < 4.78 is 0. The van der Waals surface area contributed by atoms with Crippen molar-refractivity contribution in [3.63, 3.8) is 0 Å². The van der Waals surface area contributed by atoms with Crippen LogP contribution in [0.15, 0.2) is 12.2 Å². The van der Waals surface area contributed by atoms with E-state index in [2.05, 4.69) is 32.9 Å². The molecule has 0 aromatic rings. The molecule has 4 unspecified atom stereocenters. The highest BCUT2D eigenvalue weighted by atomic mass is 14.5. The number of rotatable bonds is 0. The van der Waals surface area contributed by atoms with E-state index < -0.39 is 0 Å². The molecule has 0 radical (unpaired) electrons. The van der Waals surface area contributed by atoms with Gasteiger partial charge in [0.25, 0.3) is 0 Å². The standard InChI is InChI=1S/C12H20/c1-9-6-8-12(3)7-4-5-11(12)10(9)2/h6,8-11H,4-5,7H2,1-3H3. The Morgan fingerprint density at radius 2 is 2.08 bits per heavy atom. The zero-order valence-electron chi connectivity index (χ0n) is 8.51. The predicted molar refractivity (Wildman–Crippen MR) is 52.9 cm³/mol. The smallest absolute Gasteiger partial charge is 0.0115 e. The molecule has 0 heterocycles. The molecule has 2 aliphatic rings. The van der Waals surface area contributed by atoms with E-state index in [1.165, 1.54) is 19.3 Å². The number of hydrogen-bond donors (Lipinski definition) is 0. The van der Waals surface area contributed by atoms with Crippen LogP contribution < -0.4 is 0 Å². The molecule has 0 heteroatoms. The van der Waals surface area contributed by atoms with Crippen molar-refractivity contribution in [1.82, 2.24) is 0 Å². The van der Waals surface area contributed by atoms with E-state index in [0.29, 0.717) is 5.41 Å². The van der Waals surface area contributed by atoms with Gasteiger partial charge in [0.2, 0.25) is 0 Å². The van der Waals surface area contributed by atoms with Gasteiger partial charge in [-0.2, -0.15) is 0 Å². The maximum atomic E-state index is 2.50. The molecule has 12 heavy (non-hydrogen) atoms. The van der Waals surface area contributed by atoms with Gasteiger partial charge in [-0.25, -0.2) is 0 Å². The van der Waals surface area contributed by atoms with Crippen molar-refractivity contribution in [2.45, 2.75) is 40.0 Å². The largest absolute Gasteiger partial charge is 0.0849 e. The number of fused-ring (bicyclic) bond motifs is 1. The highest BCUT2D eigenvalue weighted by Crippen LogP contribution is 2.52. The van der Waals surface area contributed by atoms with Gasteiger partial charge in [0.05, 0.1) is 0 Å². The summed E-state index contributed by atoms with van der Waals surface area (Å²) in [7, 11) is 0. The summed E-state index contributed by atoms with van der Waals surface area (Å²) in [5.41, 5.74) is 0.561. The molecule has 0 spiro atoms. The van der Waals surface area contributed by atoms with Crippen molar-refractivity contribution in [3.05, 3.63) is 12.2 Å². The van der Waals surface area contributed by atoms with E-state index >= 15 is 0 Å². The predicted octanol–water partition coefficient (Wildman–Crippen LogP) is 3.63. The van der Waals surface area contributed by atoms with Crippen molar-refractivity contribution in [2.24, 2.45) is 23.2 Å². The minimum Gasteiger partial charge on any atom is -0.0849 e. The molecule has 0 aromatic heterocycles. The second kappa shape index (κ2) is 2.61. The Bertz CT molecular complexity index is 204. The normalized spacial score (nSPS) is 52.4. The first-order valence-electron chi connectivity index (χ1n) is 5.33. The zero-order chi connectivity index (χ0) is 8.77. The fraction of sp³-hybridized carbons (Fsp3) is 0.833. The van der Waals surface area contributed by atoms with Gasteiger partial charge in [-0.15, -0.1) is 0 Å². The van der Waals surface area contributed by atoms with Gasteiger partial charge in [0.15, 0.2) is 0 Å². The molecule has 68 valence electrons. The molecule has 0 amide bonds. The van der Waals surface area contributed by atoms with Crippen molar-refractivity contribution < 1.29 is 0 Å². The molecule has 2 aliphatic carbocycles. The van der Waals surface area contributed by atoms with Crippen LogP contribution in [0.3, 0.4) is 0 Å². The van der Waals surface area contributed by atoms with E-state index in [1.54, 1.807) is 0 Å². The van der Waals surface area contributed by atoms with Crippen LogP contribution in [0.4, 0.5) is 0 Å². The van der Waals surface area contributed by atoms with Crippen molar-refractivity contribution in [1.29, 1.82) is 0 Å². The summed E-state index contributed by atoms with van der Waals surface area (Å²) in [5, 5.41) is 0. The minimum atomic E-state index is 0.561. The van der Waals surface area contributed by atoms with E-state index in [4.69, 9.17) is 0 Å². The van der Waals surface area contributed by atoms with Gasteiger partial charge in [-0.05, 0) is 36.0 Å². The van der Waals surface area contributed by atoms with Crippen LogP contribution >= 0.6 is 0 Å². The quantitative estimate of drug-likeness (QED) is 0.479. The fourth-order valence-electron chi connectivity index (χ4n) is 3.20. The molecule has 0 N–H and O–H groups in total. The first-order chi connectivity index (χ1) is 5.63. The van der Waals surface area contributed by atoms with Crippen molar-refractivity contribution >= 4 is 0 Å². The van der Waals surface area contributed by atoms with Crippen LogP contribution in [-0.4, -0.2) is 0 Å². The second-order valence-electron chi connectivity index (χ2n) is 5.08. The van der Waals surface area contributed by atoms with Gasteiger partial charge in [0, 0.05) is 0 Å². The van der Waals surface area contributed by atoms with Crippen molar-refractivity contribution in [3.8, 4) is 0 Å². The lowest BCUT2D eigenvalue weighted by molar-refractivity contribution is 0.170. The average molecular weight is 164 g/mol. The van der Waals surface area contributed by atoms with E-state index in [9.17, 15) is 0 Å². The topological polar surface area (TPSA) is 0 Å². The molecular formula is C12H20. The van der Waals surface area contributed by atoms with Gasteiger partial charge in [-0.1, -0.05) is 39.3 Å². The maximum Gasteiger partial charge on any atom is -0.0115 e. The third-order valence-corrected chi connectivity index (χ3v) is 4.32. The Balaban J connectivity index is 2.29. The molecule has 1 saturated carbocycles. The Kier molecular flexibility index (Phi) is 1.82. The van der Waals surface area contributed by atoms with Crippen LogP contribution in [-0.2, 0) is 0 Å². The first kappa shape index (κ1) is 8.34. The van der Waals surface area contributed by atoms with Gasteiger partial charge < -0.3 is 0 Å². The SMILES string of the molecule is CC1C=CC2(C)CCCC2C1C. The van der Waals surface area contributed by atoms with E-state index in [1.807, 2.05) is 0 Å². The fourth-order valence-corrected chi connectivity index (χ4v) is 3.20. The zero-order valence-corrected chi connectivity index (χ0v) is 8.51. The summed E-state index contributed by atoms with van der Waals surface area (Å²) in [5.74, 6) is 2.68. The van der Waals surface area contributed by atoms with Gasteiger partial charge in [0.1, 0.15) is 0 Å². The molecule has 0 aromatic carbocycles. The summed E-state index contributed by atoms with van der Waals surface area (Å²) >= 11 is 0. The van der Waals surface area contributed by atoms with Crippen molar-refractivity contribution in [2.75, 3.05) is 0 Å². The van der Waals surface area contributed by atoms with Gasteiger partial charge in [-0.3, -0.25) is 0 Å². The summed E-state index contributed by atoms with van der Waals surface area (Å²) in [6, 6.07) is 0. The molecular weight excluding hydrogens is 144 g/mol. The second-order valence-corrected chi connectivity index (χ2v) is 5.08. The van der Waals surface area contributed by atoms with Crippen LogP contribution in [0.2, 0.25) is 0 Å². The molecule has 4 atom stereocenters. The van der Waals surface area contributed by atoms with Crippen LogP contribution in [0, 0.1) is 23.2 Å². The Morgan fingerprint density at radius 1 is 1.33 bits per heavy atom. The number of hydrogen-bond acceptors (Lipinski definition) is 0. The highest BCUT2D eigenvalue weighted by molar-refractivity contribution is 5.11. The third kappa shape index (κ3) is 1.04. The molecule has 0 nitrogen and oxygen atoms in total. The minimum absolute atomic E-state index is 0.561. The Hall–Kier alpha value is -0.260. The van der Waals surface area contributed by atoms with E-state index in [0.717, 1.165) is 17.8 Å². The molecule has 2 rings (SSSR count). The van der Waals surface area contributed by atoms with E-state index in [-0.39, 0.29) is 0 Å². The lowest BCUT2D eigenvalue weighted by atomic mass is 9.66. The summed E-state index contributed by atoms with van der Waals surface area (Å²) in [4.78, 5) is 0. The van der Waals surface area contributed by atoms with Crippen LogP contribution in [0.25, 0.3) is 0 Å². The molecule has 0 aliphatic heterocycles. The third-order valence-electron chi connectivity index (χ3n) is 4.32. The number of allylic oxidation sites excluding steroid dienone is 2. The lowest BCUT2D eigenvalue weighted by Crippen LogP contribution is -2.31. The average Bonchev–Trinajstić information content (AvgIpc) is 2.42. The van der Waals surface area contributed by atoms with Crippen LogP contribution in [0.1, 0.15) is 40.0 Å². The van der Waals surface area contributed by atoms with Crippen LogP contribution in [0.5, 0.6) is 0 Å². The molecule has 0 bridgehead atoms. The lowest BCUT2D eigenvalue weighted by Gasteiger charge is -2.39. The summed E-state index contributed by atoms with van der Waals surface area (Å²) in [6.07, 6.45) is 9.27. The Morgan fingerprint density at radius 3 is 2.83 bits per heavy atom. The first-order valence-corrected chi connectivity index (χ1v) is 5.33. The monoisotopic (exact) mass is 164 g/mol. The maximum absolute atomic E-state index is 2.50.